The molecule has 0 aliphatic rings. The second-order valence-electron chi connectivity index (χ2n) is 6.70. The number of nitrogens with zero attached hydrogens (tertiary/aromatic N) is 4. The van der Waals surface area contributed by atoms with Crippen LogP contribution >= 0.6 is 11.3 Å². The van der Waals surface area contributed by atoms with Crippen molar-refractivity contribution in [1.82, 2.24) is 19.5 Å². The summed E-state index contributed by atoms with van der Waals surface area (Å²) >= 11 is 1.36. The van der Waals surface area contributed by atoms with E-state index in [9.17, 15) is 15.2 Å². The molecule has 3 heterocycles. The summed E-state index contributed by atoms with van der Waals surface area (Å²) in [4.78, 5) is 22.9. The first-order valence-corrected chi connectivity index (χ1v) is 9.89. The summed E-state index contributed by atoms with van der Waals surface area (Å²) in [5, 5.41) is 20.2. The van der Waals surface area contributed by atoms with E-state index in [0.717, 1.165) is 21.7 Å². The number of aromatic carboxylic acids is 1. The molecule has 0 saturated carbocycles. The van der Waals surface area contributed by atoms with Crippen molar-refractivity contribution in [2.24, 2.45) is 0 Å². The van der Waals surface area contributed by atoms with E-state index in [0.29, 0.717) is 35.4 Å². The molecule has 3 aromatic heterocycles. The van der Waals surface area contributed by atoms with E-state index < -0.39 is 5.97 Å². The molecular weight excluding hydrogens is 404 g/mol. The number of rotatable bonds is 6. The van der Waals surface area contributed by atoms with Gasteiger partial charge >= 0.3 is 5.97 Å². The summed E-state index contributed by atoms with van der Waals surface area (Å²) in [6.45, 7) is 3.90. The lowest BCUT2D eigenvalue weighted by Gasteiger charge is -2.06. The zero-order valence-electron chi connectivity index (χ0n) is 16.3. The third-order valence-electron chi connectivity index (χ3n) is 4.68. The Bertz CT molecular complexity index is 1310. The second-order valence-corrected chi connectivity index (χ2v) is 7.76. The van der Waals surface area contributed by atoms with Crippen LogP contribution in [-0.4, -0.2) is 37.2 Å². The SMILES string of the molecule is Cc1cc(C(=O)O)c(C)n1-c1sc(CCOc2ccc3nc(N)[nH]c3c2)nc1C#N. The van der Waals surface area contributed by atoms with Crippen molar-refractivity contribution in [2.45, 2.75) is 20.3 Å². The van der Waals surface area contributed by atoms with Crippen LogP contribution in [0.4, 0.5) is 5.95 Å². The largest absolute Gasteiger partial charge is 0.493 e. The Balaban J connectivity index is 1.53. The van der Waals surface area contributed by atoms with Crippen LogP contribution in [0.5, 0.6) is 5.75 Å². The van der Waals surface area contributed by atoms with Crippen LogP contribution in [0.15, 0.2) is 24.3 Å². The van der Waals surface area contributed by atoms with Gasteiger partial charge in [-0.2, -0.15) is 5.26 Å². The van der Waals surface area contributed by atoms with Gasteiger partial charge in [-0.3, -0.25) is 0 Å². The Labute approximate surface area is 175 Å². The first-order chi connectivity index (χ1) is 14.4. The van der Waals surface area contributed by atoms with Gasteiger partial charge in [0, 0.05) is 23.9 Å². The number of nitrogens with one attached hydrogen (secondary N) is 1. The quantitative estimate of drug-likeness (QED) is 0.433. The minimum atomic E-state index is -0.998. The summed E-state index contributed by atoms with van der Waals surface area (Å²) in [6.07, 6.45) is 0.508. The number of carboxylic acid groups (broad SMARTS) is 1. The summed E-state index contributed by atoms with van der Waals surface area (Å²) in [6, 6.07) is 9.17. The fraction of sp³-hybridized carbons (Fsp3) is 0.200. The zero-order chi connectivity index (χ0) is 21.4. The molecule has 0 atom stereocenters. The van der Waals surface area contributed by atoms with Crippen LogP contribution in [0, 0.1) is 25.2 Å². The molecule has 4 aromatic rings. The van der Waals surface area contributed by atoms with Gasteiger partial charge in [-0.25, -0.2) is 14.8 Å². The lowest BCUT2D eigenvalue weighted by atomic mass is 10.2. The molecule has 1 aromatic carbocycles. The summed E-state index contributed by atoms with van der Waals surface area (Å²) in [7, 11) is 0. The maximum absolute atomic E-state index is 11.4. The average Bonchev–Trinajstić information content (AvgIpc) is 3.35. The molecule has 10 heteroatoms. The summed E-state index contributed by atoms with van der Waals surface area (Å²) in [5.41, 5.74) is 9.00. The van der Waals surface area contributed by atoms with Crippen molar-refractivity contribution in [3.05, 3.63) is 51.9 Å². The van der Waals surface area contributed by atoms with Gasteiger partial charge < -0.3 is 25.1 Å². The number of aromatic amines is 1. The predicted octanol–water partition coefficient (Wildman–Crippen LogP) is 3.20. The highest BCUT2D eigenvalue weighted by Gasteiger charge is 2.20. The number of nitrogens with two attached hydrogens (primary N) is 1. The number of aryl methyl sites for hydroxylation is 1. The highest BCUT2D eigenvalue weighted by Crippen LogP contribution is 2.29. The maximum Gasteiger partial charge on any atom is 0.337 e. The molecule has 9 nitrogen and oxygen atoms in total. The standard InChI is InChI=1S/C20H18N6O3S/c1-10-7-13(19(27)28)11(2)26(10)18-16(9-21)23-17(30-18)5-6-29-12-3-4-14-15(8-12)25-20(22)24-14/h3-4,7-8H,5-6H2,1-2H3,(H,27,28)(H3,22,24,25). The van der Waals surface area contributed by atoms with E-state index in [1.807, 2.05) is 18.2 Å². The van der Waals surface area contributed by atoms with Gasteiger partial charge in [0.05, 0.1) is 28.2 Å². The minimum absolute atomic E-state index is 0.213. The number of nitrogen functional groups attached to an aromatic ring is 1. The van der Waals surface area contributed by atoms with Crippen molar-refractivity contribution in [1.29, 1.82) is 5.26 Å². The molecule has 0 aliphatic carbocycles. The van der Waals surface area contributed by atoms with E-state index in [1.165, 1.54) is 11.3 Å². The van der Waals surface area contributed by atoms with E-state index in [4.69, 9.17) is 10.5 Å². The van der Waals surface area contributed by atoms with Crippen LogP contribution in [0.25, 0.3) is 16.0 Å². The Kier molecular flexibility index (Phi) is 4.89. The number of nitriles is 1. The molecule has 0 amide bonds. The molecule has 0 fully saturated rings. The second kappa shape index (κ2) is 7.53. The van der Waals surface area contributed by atoms with Crippen molar-refractivity contribution in [2.75, 3.05) is 12.3 Å². The first kappa shape index (κ1) is 19.5. The molecule has 0 aliphatic heterocycles. The van der Waals surface area contributed by atoms with Crippen molar-refractivity contribution in [3.63, 3.8) is 0 Å². The molecule has 4 N–H and O–H groups in total. The van der Waals surface area contributed by atoms with E-state index in [1.54, 1.807) is 24.5 Å². The summed E-state index contributed by atoms with van der Waals surface area (Å²) < 4.78 is 7.57. The third-order valence-corrected chi connectivity index (χ3v) is 5.78. The van der Waals surface area contributed by atoms with Gasteiger partial charge in [0.25, 0.3) is 0 Å². The number of carboxylic acids is 1. The van der Waals surface area contributed by atoms with Crippen molar-refractivity contribution in [3.8, 4) is 16.8 Å². The highest BCUT2D eigenvalue weighted by atomic mass is 32.1. The molecule has 30 heavy (non-hydrogen) atoms. The van der Waals surface area contributed by atoms with E-state index in [2.05, 4.69) is 21.0 Å². The number of H-pyrrole nitrogens is 1. The van der Waals surface area contributed by atoms with Gasteiger partial charge in [0.15, 0.2) is 11.6 Å². The zero-order valence-corrected chi connectivity index (χ0v) is 17.1. The highest BCUT2D eigenvalue weighted by molar-refractivity contribution is 7.14. The Morgan fingerprint density at radius 2 is 2.17 bits per heavy atom. The van der Waals surface area contributed by atoms with Crippen LogP contribution in [0.3, 0.4) is 0 Å². The number of fused-ring (bicyclic) bond motifs is 1. The third kappa shape index (κ3) is 3.46. The fourth-order valence-corrected chi connectivity index (χ4v) is 4.44. The normalized spacial score (nSPS) is 11.0. The van der Waals surface area contributed by atoms with Crippen LogP contribution in [-0.2, 0) is 6.42 Å². The van der Waals surface area contributed by atoms with Gasteiger partial charge in [0.1, 0.15) is 16.8 Å². The monoisotopic (exact) mass is 422 g/mol. The molecule has 0 radical (unpaired) electrons. The molecule has 0 bridgehead atoms. The number of imidazole rings is 1. The topological polar surface area (TPSA) is 143 Å². The van der Waals surface area contributed by atoms with Crippen LogP contribution < -0.4 is 10.5 Å². The predicted molar refractivity (Wildman–Crippen MR) is 112 cm³/mol. The van der Waals surface area contributed by atoms with E-state index >= 15 is 0 Å². The molecule has 4 rings (SSSR count). The van der Waals surface area contributed by atoms with Crippen molar-refractivity contribution >= 4 is 34.3 Å². The number of hydrogen-bond donors (Lipinski definition) is 3. The Morgan fingerprint density at radius 3 is 2.87 bits per heavy atom. The van der Waals surface area contributed by atoms with Gasteiger partial charge in [0.2, 0.25) is 0 Å². The van der Waals surface area contributed by atoms with Gasteiger partial charge in [-0.15, -0.1) is 0 Å². The fourth-order valence-electron chi connectivity index (χ4n) is 3.33. The number of thiazole rings is 1. The van der Waals surface area contributed by atoms with Crippen LogP contribution in [0.1, 0.15) is 32.4 Å². The Morgan fingerprint density at radius 1 is 1.37 bits per heavy atom. The lowest BCUT2D eigenvalue weighted by Crippen LogP contribution is -2.02. The first-order valence-electron chi connectivity index (χ1n) is 9.08. The number of benzene rings is 1. The number of carbonyl (C=O) groups is 1. The maximum atomic E-state index is 11.4. The van der Waals surface area contributed by atoms with E-state index in [-0.39, 0.29) is 11.3 Å². The minimum Gasteiger partial charge on any atom is -0.493 e. The Hall–Kier alpha value is -3.84. The number of hydrogen-bond acceptors (Lipinski definition) is 7. The number of aromatic nitrogens is 4. The van der Waals surface area contributed by atoms with Gasteiger partial charge in [-0.1, -0.05) is 11.3 Å². The molecule has 0 saturated heterocycles. The number of ether oxygens (including phenoxy) is 1. The molecule has 0 unspecified atom stereocenters. The molecular formula is C20H18N6O3S. The van der Waals surface area contributed by atoms with Crippen LogP contribution in [0.2, 0.25) is 0 Å². The average molecular weight is 422 g/mol. The molecule has 0 spiro atoms. The molecule has 152 valence electrons. The van der Waals surface area contributed by atoms with Crippen molar-refractivity contribution < 1.29 is 14.6 Å². The van der Waals surface area contributed by atoms with Gasteiger partial charge in [-0.05, 0) is 32.0 Å². The smallest absolute Gasteiger partial charge is 0.337 e. The lowest BCUT2D eigenvalue weighted by molar-refractivity contribution is 0.0696. The summed E-state index contributed by atoms with van der Waals surface area (Å²) in [5.74, 6) is 0.0248. The number of anilines is 1.